The molecule has 1 aliphatic rings. The van der Waals surface area contributed by atoms with E-state index in [1.54, 1.807) is 6.20 Å². The van der Waals surface area contributed by atoms with E-state index in [1.807, 2.05) is 0 Å². The summed E-state index contributed by atoms with van der Waals surface area (Å²) in [4.78, 5) is 3.83. The summed E-state index contributed by atoms with van der Waals surface area (Å²) in [6.45, 7) is 0. The van der Waals surface area contributed by atoms with Crippen molar-refractivity contribution in [3.05, 3.63) is 23.6 Å². The molecule has 13 heavy (non-hydrogen) atoms. The average Bonchev–Trinajstić information content (AvgIpc) is 2.85. The number of methoxy groups -OCH3 is 1. The molecule has 0 radical (unpaired) electrons. The average molecular weight is 182 g/mol. The molecule has 0 aromatic carbocycles. The number of nitrogens with zero attached hydrogens (tertiary/aromatic N) is 1. The fourth-order valence-electron chi connectivity index (χ4n) is 1.27. The smallest absolute Gasteiger partial charge is 0.250 e. The molecule has 0 saturated heterocycles. The molecule has 0 atom stereocenters. The van der Waals surface area contributed by atoms with Gasteiger partial charge in [-0.05, 0) is 24.5 Å². The monoisotopic (exact) mass is 182 g/mol. The molecule has 70 valence electrons. The van der Waals surface area contributed by atoms with E-state index in [1.165, 1.54) is 13.2 Å². The quantitative estimate of drug-likeness (QED) is 0.747. The Hall–Kier alpha value is -1.16. The molecule has 0 spiro atoms. The number of nitrogens with two attached hydrogens (primary N) is 1. The summed E-state index contributed by atoms with van der Waals surface area (Å²) in [5.74, 6) is -0.426. The lowest BCUT2D eigenvalue weighted by Gasteiger charge is -2.09. The highest BCUT2D eigenvalue weighted by Gasteiger charge is 2.40. The molecular weight excluding hydrogens is 171 g/mol. The van der Waals surface area contributed by atoms with E-state index in [-0.39, 0.29) is 11.4 Å². The molecule has 3 nitrogen and oxygen atoms in total. The second-order valence-electron chi connectivity index (χ2n) is 3.37. The highest BCUT2D eigenvalue weighted by atomic mass is 19.1. The summed E-state index contributed by atoms with van der Waals surface area (Å²) < 4.78 is 17.9. The van der Waals surface area contributed by atoms with Crippen molar-refractivity contribution in [3.63, 3.8) is 0 Å². The van der Waals surface area contributed by atoms with Gasteiger partial charge >= 0.3 is 0 Å². The second kappa shape index (κ2) is 2.67. The minimum absolute atomic E-state index is 0.0213. The van der Waals surface area contributed by atoms with Gasteiger partial charge < -0.3 is 10.5 Å². The van der Waals surface area contributed by atoms with Crippen molar-refractivity contribution >= 4 is 0 Å². The maximum atomic E-state index is 13.2. The van der Waals surface area contributed by atoms with E-state index in [2.05, 4.69) is 4.98 Å². The number of pyridine rings is 1. The molecule has 1 fully saturated rings. The third-order valence-corrected chi connectivity index (χ3v) is 2.36. The summed E-state index contributed by atoms with van der Waals surface area (Å²) in [7, 11) is 1.39. The van der Waals surface area contributed by atoms with E-state index < -0.39 is 5.82 Å². The first-order valence-electron chi connectivity index (χ1n) is 4.14. The second-order valence-corrected chi connectivity index (χ2v) is 3.37. The summed E-state index contributed by atoms with van der Waals surface area (Å²) in [5.41, 5.74) is 6.30. The maximum absolute atomic E-state index is 13.2. The zero-order chi connectivity index (χ0) is 9.47. The van der Waals surface area contributed by atoms with E-state index in [9.17, 15) is 4.39 Å². The van der Waals surface area contributed by atoms with Gasteiger partial charge in [-0.1, -0.05) is 0 Å². The molecular formula is C9H11FN2O. The van der Waals surface area contributed by atoms with E-state index in [4.69, 9.17) is 10.5 Å². The van der Waals surface area contributed by atoms with E-state index in [0.29, 0.717) is 0 Å². The Bertz CT molecular complexity index is 336. The van der Waals surface area contributed by atoms with Crippen molar-refractivity contribution in [3.8, 4) is 5.88 Å². The van der Waals surface area contributed by atoms with Gasteiger partial charge in [-0.2, -0.15) is 0 Å². The number of aromatic nitrogens is 1. The number of hydrogen-bond donors (Lipinski definition) is 1. The summed E-state index contributed by atoms with van der Waals surface area (Å²) in [5, 5.41) is 0. The van der Waals surface area contributed by atoms with Crippen LogP contribution in [-0.2, 0) is 5.54 Å². The third-order valence-electron chi connectivity index (χ3n) is 2.36. The maximum Gasteiger partial charge on any atom is 0.250 e. The molecule has 4 heteroatoms. The van der Waals surface area contributed by atoms with E-state index >= 15 is 0 Å². The van der Waals surface area contributed by atoms with Gasteiger partial charge in [0.05, 0.1) is 7.11 Å². The minimum Gasteiger partial charge on any atom is -0.479 e. The molecule has 2 N–H and O–H groups in total. The molecule has 0 aliphatic heterocycles. The number of hydrogen-bond acceptors (Lipinski definition) is 3. The first-order valence-corrected chi connectivity index (χ1v) is 4.14. The summed E-state index contributed by atoms with van der Waals surface area (Å²) >= 11 is 0. The van der Waals surface area contributed by atoms with Crippen molar-refractivity contribution < 1.29 is 9.13 Å². The highest BCUT2D eigenvalue weighted by Crippen LogP contribution is 2.42. The topological polar surface area (TPSA) is 48.1 Å². The number of rotatable bonds is 2. The largest absolute Gasteiger partial charge is 0.479 e. The molecule has 0 unspecified atom stereocenters. The minimum atomic E-state index is -0.447. The van der Waals surface area contributed by atoms with Crippen molar-refractivity contribution in [2.24, 2.45) is 5.73 Å². The van der Waals surface area contributed by atoms with Gasteiger partial charge in [-0.3, -0.25) is 0 Å². The standard InChI is InChI=1S/C9H11FN2O/c1-13-8-7(10)4-6(5-12-8)9(11)2-3-9/h4-5H,2-3,11H2,1H3. The van der Waals surface area contributed by atoms with Gasteiger partial charge in [0.1, 0.15) is 0 Å². The van der Waals surface area contributed by atoms with Crippen molar-refractivity contribution in [2.45, 2.75) is 18.4 Å². The lowest BCUT2D eigenvalue weighted by molar-refractivity contribution is 0.368. The van der Waals surface area contributed by atoms with Crippen LogP contribution in [0, 0.1) is 5.82 Å². The molecule has 1 aromatic rings. The Morgan fingerprint density at radius 1 is 1.62 bits per heavy atom. The molecule has 0 amide bonds. The van der Waals surface area contributed by atoms with Crippen LogP contribution in [0.25, 0.3) is 0 Å². The van der Waals surface area contributed by atoms with Gasteiger partial charge in [0.25, 0.3) is 0 Å². The van der Waals surface area contributed by atoms with Crippen LogP contribution in [0.5, 0.6) is 5.88 Å². The van der Waals surface area contributed by atoms with Crippen molar-refractivity contribution in [2.75, 3.05) is 7.11 Å². The molecule has 1 aliphatic carbocycles. The summed E-state index contributed by atoms with van der Waals surface area (Å²) in [6, 6.07) is 1.40. The molecule has 2 rings (SSSR count). The Labute approximate surface area is 75.7 Å². The Kier molecular flexibility index (Phi) is 1.73. The van der Waals surface area contributed by atoms with Crippen LogP contribution in [0.4, 0.5) is 4.39 Å². The fraction of sp³-hybridized carbons (Fsp3) is 0.444. The molecule has 1 saturated carbocycles. The van der Waals surface area contributed by atoms with Gasteiger partial charge in [0.2, 0.25) is 5.88 Å². The van der Waals surface area contributed by atoms with Crippen LogP contribution >= 0.6 is 0 Å². The van der Waals surface area contributed by atoms with Gasteiger partial charge in [-0.15, -0.1) is 0 Å². The van der Waals surface area contributed by atoms with Gasteiger partial charge in [0, 0.05) is 11.7 Å². The zero-order valence-corrected chi connectivity index (χ0v) is 7.38. The predicted molar refractivity (Wildman–Crippen MR) is 45.8 cm³/mol. The lowest BCUT2D eigenvalue weighted by atomic mass is 10.1. The normalized spacial score (nSPS) is 18.4. The highest BCUT2D eigenvalue weighted by molar-refractivity contribution is 5.30. The van der Waals surface area contributed by atoms with Crippen LogP contribution in [-0.4, -0.2) is 12.1 Å². The fourth-order valence-corrected chi connectivity index (χ4v) is 1.27. The Morgan fingerprint density at radius 3 is 2.77 bits per heavy atom. The number of halogens is 1. The predicted octanol–water partition coefficient (Wildman–Crippen LogP) is 1.18. The van der Waals surface area contributed by atoms with E-state index in [0.717, 1.165) is 18.4 Å². The zero-order valence-electron chi connectivity index (χ0n) is 7.38. The molecule has 0 bridgehead atoms. The van der Waals surface area contributed by atoms with Crippen LogP contribution in [0.3, 0.4) is 0 Å². The molecule has 1 heterocycles. The summed E-state index contributed by atoms with van der Waals surface area (Å²) in [6.07, 6.45) is 3.38. The van der Waals surface area contributed by atoms with Crippen LogP contribution < -0.4 is 10.5 Å². The van der Waals surface area contributed by atoms with Crippen molar-refractivity contribution in [1.82, 2.24) is 4.98 Å². The first-order chi connectivity index (χ1) is 6.15. The lowest BCUT2D eigenvalue weighted by Crippen LogP contribution is -2.19. The Balaban J connectivity index is 2.36. The Morgan fingerprint density at radius 2 is 2.31 bits per heavy atom. The van der Waals surface area contributed by atoms with Crippen LogP contribution in [0.1, 0.15) is 18.4 Å². The third kappa shape index (κ3) is 1.37. The van der Waals surface area contributed by atoms with Gasteiger partial charge in [0.15, 0.2) is 5.82 Å². The van der Waals surface area contributed by atoms with Crippen molar-refractivity contribution in [1.29, 1.82) is 0 Å². The van der Waals surface area contributed by atoms with Crippen LogP contribution in [0.2, 0.25) is 0 Å². The van der Waals surface area contributed by atoms with Gasteiger partial charge in [-0.25, -0.2) is 9.37 Å². The number of ether oxygens (including phenoxy) is 1. The first kappa shape index (κ1) is 8.44. The SMILES string of the molecule is COc1ncc(C2(N)CC2)cc1F. The van der Waals surface area contributed by atoms with Crippen LogP contribution in [0.15, 0.2) is 12.3 Å². The molecule has 1 aromatic heterocycles.